The molecule has 0 fully saturated rings. The molecule has 1 rings (SSSR count). The van der Waals surface area contributed by atoms with Crippen LogP contribution in [0, 0.1) is 6.92 Å². The smallest absolute Gasteiger partial charge is 0.326 e. The number of rotatable bonds is 7. The Bertz CT molecular complexity index is 478. The van der Waals surface area contributed by atoms with Crippen LogP contribution in [0.3, 0.4) is 0 Å². The van der Waals surface area contributed by atoms with Crippen molar-refractivity contribution in [2.75, 3.05) is 0 Å². The van der Waals surface area contributed by atoms with Crippen molar-refractivity contribution in [1.82, 2.24) is 15.1 Å². The number of amides is 1. The monoisotopic (exact) mass is 281 g/mol. The van der Waals surface area contributed by atoms with Crippen LogP contribution in [0.25, 0.3) is 0 Å². The van der Waals surface area contributed by atoms with Gasteiger partial charge in [0.2, 0.25) is 0 Å². The molecule has 0 bridgehead atoms. The Kier molecular flexibility index (Phi) is 5.73. The summed E-state index contributed by atoms with van der Waals surface area (Å²) in [6.07, 6.45) is 2.22. The van der Waals surface area contributed by atoms with Gasteiger partial charge in [-0.05, 0) is 32.3 Å². The molecule has 1 aromatic rings. The quantitative estimate of drug-likeness (QED) is 0.802. The van der Waals surface area contributed by atoms with Crippen molar-refractivity contribution in [2.45, 2.75) is 59.0 Å². The van der Waals surface area contributed by atoms with Crippen LogP contribution in [0.5, 0.6) is 0 Å². The summed E-state index contributed by atoms with van der Waals surface area (Å²) in [5.74, 6) is -1.47. The first-order chi connectivity index (χ1) is 9.44. The second-order valence-corrected chi connectivity index (χ2v) is 4.86. The second-order valence-electron chi connectivity index (χ2n) is 4.86. The van der Waals surface area contributed by atoms with E-state index in [0.29, 0.717) is 6.42 Å². The SMILES string of the molecule is CCC(NC(=O)c1cc(C)n(C(CC)CC)n1)C(=O)O. The Hall–Kier alpha value is -1.85. The molecule has 0 radical (unpaired) electrons. The summed E-state index contributed by atoms with van der Waals surface area (Å²) in [5, 5.41) is 15.7. The van der Waals surface area contributed by atoms with Crippen molar-refractivity contribution < 1.29 is 14.7 Å². The van der Waals surface area contributed by atoms with E-state index in [1.807, 2.05) is 11.6 Å². The fourth-order valence-corrected chi connectivity index (χ4v) is 2.17. The Morgan fingerprint density at radius 1 is 1.30 bits per heavy atom. The van der Waals surface area contributed by atoms with Crippen LogP contribution in [-0.2, 0) is 4.79 Å². The highest BCUT2D eigenvalue weighted by molar-refractivity contribution is 5.95. The number of carbonyl (C=O) groups excluding carboxylic acids is 1. The van der Waals surface area contributed by atoms with E-state index in [1.165, 1.54) is 0 Å². The molecule has 0 saturated carbocycles. The van der Waals surface area contributed by atoms with Gasteiger partial charge in [0.05, 0.1) is 6.04 Å². The first-order valence-corrected chi connectivity index (χ1v) is 7.04. The van der Waals surface area contributed by atoms with Gasteiger partial charge in [0, 0.05) is 5.69 Å². The molecule has 0 aliphatic heterocycles. The van der Waals surface area contributed by atoms with Crippen molar-refractivity contribution in [3.8, 4) is 0 Å². The van der Waals surface area contributed by atoms with Crippen molar-refractivity contribution in [3.63, 3.8) is 0 Å². The van der Waals surface area contributed by atoms with Crippen LogP contribution in [-0.4, -0.2) is 32.8 Å². The summed E-state index contributed by atoms with van der Waals surface area (Å²) in [4.78, 5) is 23.0. The number of aryl methyl sites for hydroxylation is 1. The van der Waals surface area contributed by atoms with Gasteiger partial charge in [-0.1, -0.05) is 20.8 Å². The lowest BCUT2D eigenvalue weighted by molar-refractivity contribution is -0.139. The van der Waals surface area contributed by atoms with Crippen molar-refractivity contribution in [1.29, 1.82) is 0 Å². The molecule has 0 aromatic carbocycles. The van der Waals surface area contributed by atoms with Gasteiger partial charge in [0.25, 0.3) is 5.91 Å². The molecule has 112 valence electrons. The minimum atomic E-state index is -1.03. The van der Waals surface area contributed by atoms with E-state index in [1.54, 1.807) is 13.0 Å². The normalized spacial score (nSPS) is 12.4. The molecule has 6 nitrogen and oxygen atoms in total. The van der Waals surface area contributed by atoms with Crippen molar-refractivity contribution in [3.05, 3.63) is 17.5 Å². The highest BCUT2D eigenvalue weighted by Crippen LogP contribution is 2.18. The van der Waals surface area contributed by atoms with Crippen molar-refractivity contribution >= 4 is 11.9 Å². The minimum Gasteiger partial charge on any atom is -0.480 e. The molecule has 1 heterocycles. The number of hydrogen-bond donors (Lipinski definition) is 2. The van der Waals surface area contributed by atoms with Crippen LogP contribution in [0.15, 0.2) is 6.07 Å². The number of aliphatic carboxylic acids is 1. The van der Waals surface area contributed by atoms with Crippen LogP contribution in [0.2, 0.25) is 0 Å². The molecule has 1 unspecified atom stereocenters. The highest BCUT2D eigenvalue weighted by Gasteiger charge is 2.21. The Balaban J connectivity index is 2.90. The maximum Gasteiger partial charge on any atom is 0.326 e. The third-order valence-corrected chi connectivity index (χ3v) is 3.46. The third kappa shape index (κ3) is 3.59. The molecular weight excluding hydrogens is 258 g/mol. The molecule has 0 spiro atoms. The number of carboxylic acids is 1. The van der Waals surface area contributed by atoms with Gasteiger partial charge in [0.1, 0.15) is 11.7 Å². The third-order valence-electron chi connectivity index (χ3n) is 3.46. The van der Waals surface area contributed by atoms with E-state index >= 15 is 0 Å². The largest absolute Gasteiger partial charge is 0.480 e. The van der Waals surface area contributed by atoms with Gasteiger partial charge >= 0.3 is 5.97 Å². The molecule has 0 aliphatic carbocycles. The number of carbonyl (C=O) groups is 2. The summed E-state index contributed by atoms with van der Waals surface area (Å²) in [6.45, 7) is 7.77. The zero-order chi connectivity index (χ0) is 15.3. The van der Waals surface area contributed by atoms with Crippen LogP contribution in [0.4, 0.5) is 0 Å². The molecule has 1 amide bonds. The van der Waals surface area contributed by atoms with E-state index in [0.717, 1.165) is 18.5 Å². The van der Waals surface area contributed by atoms with Crippen molar-refractivity contribution in [2.24, 2.45) is 0 Å². The molecule has 2 N–H and O–H groups in total. The van der Waals surface area contributed by atoms with Gasteiger partial charge in [-0.15, -0.1) is 0 Å². The number of aromatic nitrogens is 2. The summed E-state index contributed by atoms with van der Waals surface area (Å²) >= 11 is 0. The lowest BCUT2D eigenvalue weighted by atomic mass is 10.2. The van der Waals surface area contributed by atoms with Gasteiger partial charge in [-0.3, -0.25) is 9.48 Å². The van der Waals surface area contributed by atoms with Crippen LogP contribution >= 0.6 is 0 Å². The lowest BCUT2D eigenvalue weighted by Gasteiger charge is -2.15. The van der Waals surface area contributed by atoms with E-state index in [9.17, 15) is 9.59 Å². The second kappa shape index (κ2) is 7.07. The summed E-state index contributed by atoms with van der Waals surface area (Å²) in [6, 6.07) is 1.08. The van der Waals surface area contributed by atoms with Gasteiger partial charge in [0.15, 0.2) is 0 Å². The van der Waals surface area contributed by atoms with Gasteiger partial charge in [-0.2, -0.15) is 5.10 Å². The molecule has 6 heteroatoms. The molecule has 1 atom stereocenters. The summed E-state index contributed by atoms with van der Waals surface area (Å²) in [7, 11) is 0. The average molecular weight is 281 g/mol. The molecule has 1 aromatic heterocycles. The predicted molar refractivity (Wildman–Crippen MR) is 75.8 cm³/mol. The predicted octanol–water partition coefficient (Wildman–Crippen LogP) is 2.15. The molecule has 20 heavy (non-hydrogen) atoms. The van der Waals surface area contributed by atoms with Crippen LogP contribution < -0.4 is 5.32 Å². The number of nitrogens with one attached hydrogen (secondary N) is 1. The van der Waals surface area contributed by atoms with E-state index in [-0.39, 0.29) is 11.7 Å². The Labute approximate surface area is 119 Å². The van der Waals surface area contributed by atoms with E-state index in [2.05, 4.69) is 24.3 Å². The van der Waals surface area contributed by atoms with Gasteiger partial charge < -0.3 is 10.4 Å². The highest BCUT2D eigenvalue weighted by atomic mass is 16.4. The minimum absolute atomic E-state index is 0.262. The standard InChI is InChI=1S/C14H23N3O3/c1-5-10(6-2)17-9(4)8-12(16-17)13(18)15-11(7-3)14(19)20/h8,10-11H,5-7H2,1-4H3,(H,15,18)(H,19,20). The van der Waals surface area contributed by atoms with Crippen LogP contribution in [0.1, 0.15) is 62.3 Å². The Morgan fingerprint density at radius 3 is 2.35 bits per heavy atom. The summed E-state index contributed by atoms with van der Waals surface area (Å²) < 4.78 is 1.84. The number of nitrogens with zero attached hydrogens (tertiary/aromatic N) is 2. The molecule has 0 saturated heterocycles. The average Bonchev–Trinajstić information content (AvgIpc) is 2.79. The first kappa shape index (κ1) is 16.2. The fourth-order valence-electron chi connectivity index (χ4n) is 2.17. The summed E-state index contributed by atoms with van der Waals surface area (Å²) in [5.41, 5.74) is 1.18. The fraction of sp³-hybridized carbons (Fsp3) is 0.643. The molecular formula is C14H23N3O3. The Morgan fingerprint density at radius 2 is 1.90 bits per heavy atom. The topological polar surface area (TPSA) is 84.2 Å². The number of carboxylic acid groups (broad SMARTS) is 1. The van der Waals surface area contributed by atoms with Gasteiger partial charge in [-0.25, -0.2) is 4.79 Å². The number of hydrogen-bond acceptors (Lipinski definition) is 3. The first-order valence-electron chi connectivity index (χ1n) is 7.04. The van der Waals surface area contributed by atoms with E-state index in [4.69, 9.17) is 5.11 Å². The maximum absolute atomic E-state index is 12.0. The maximum atomic E-state index is 12.0. The van der Waals surface area contributed by atoms with E-state index < -0.39 is 17.9 Å². The zero-order valence-corrected chi connectivity index (χ0v) is 12.5. The molecule has 0 aliphatic rings. The lowest BCUT2D eigenvalue weighted by Crippen LogP contribution is -2.40. The zero-order valence-electron chi connectivity index (χ0n) is 12.5.